The van der Waals surface area contributed by atoms with Crippen molar-refractivity contribution in [2.24, 2.45) is 0 Å². The van der Waals surface area contributed by atoms with E-state index in [0.29, 0.717) is 40.5 Å². The molecule has 0 saturated carbocycles. The van der Waals surface area contributed by atoms with Crippen LogP contribution in [0.3, 0.4) is 0 Å². The number of nitrogens with one attached hydrogen (secondary N) is 1. The number of benzene rings is 2. The Morgan fingerprint density at radius 1 is 1.11 bits per heavy atom. The van der Waals surface area contributed by atoms with Gasteiger partial charge in [-0.3, -0.25) is 9.59 Å². The highest BCUT2D eigenvalue weighted by molar-refractivity contribution is 6.33. The lowest BCUT2D eigenvalue weighted by molar-refractivity contribution is -0.116. The number of rotatable bonds is 5. The van der Waals surface area contributed by atoms with Gasteiger partial charge in [0.05, 0.1) is 11.3 Å². The van der Waals surface area contributed by atoms with Crippen LogP contribution in [0.5, 0.6) is 0 Å². The van der Waals surface area contributed by atoms with E-state index >= 15 is 0 Å². The van der Waals surface area contributed by atoms with E-state index in [-0.39, 0.29) is 11.3 Å². The Morgan fingerprint density at radius 2 is 1.79 bits per heavy atom. The van der Waals surface area contributed by atoms with Gasteiger partial charge in [-0.2, -0.15) is 5.10 Å². The summed E-state index contributed by atoms with van der Waals surface area (Å²) in [4.78, 5) is 25.5. The van der Waals surface area contributed by atoms with Crippen LogP contribution in [0.2, 0.25) is 5.02 Å². The lowest BCUT2D eigenvalue weighted by Gasteiger charge is -2.19. The average molecular weight is 396 g/mol. The summed E-state index contributed by atoms with van der Waals surface area (Å²) in [6, 6.07) is 14.8. The predicted molar refractivity (Wildman–Crippen MR) is 113 cm³/mol. The van der Waals surface area contributed by atoms with Crippen LogP contribution in [-0.2, 0) is 4.79 Å². The summed E-state index contributed by atoms with van der Waals surface area (Å²) in [6.07, 6.45) is 1.04. The molecule has 0 spiro atoms. The molecule has 0 bridgehead atoms. The Bertz CT molecular complexity index is 1070. The monoisotopic (exact) mass is 395 g/mol. The molecule has 1 amide bonds. The van der Waals surface area contributed by atoms with E-state index in [9.17, 15) is 9.59 Å². The minimum atomic E-state index is -0.261. The summed E-state index contributed by atoms with van der Waals surface area (Å²) in [7, 11) is 0. The maximum atomic E-state index is 13.0. The second-order valence-corrected chi connectivity index (χ2v) is 7.07. The van der Waals surface area contributed by atoms with Crippen LogP contribution in [0.1, 0.15) is 31.0 Å². The first-order chi connectivity index (χ1) is 13.4. The number of aromatic nitrogens is 2. The van der Waals surface area contributed by atoms with Crippen LogP contribution < -0.4 is 10.7 Å². The number of aryl methyl sites for hydroxylation is 2. The Morgan fingerprint density at radius 3 is 2.43 bits per heavy atom. The number of halogens is 1. The summed E-state index contributed by atoms with van der Waals surface area (Å²) in [5.74, 6) is 0.146. The molecule has 3 rings (SSSR count). The van der Waals surface area contributed by atoms with Gasteiger partial charge in [0.1, 0.15) is 11.5 Å². The van der Waals surface area contributed by atoms with Gasteiger partial charge in [-0.1, -0.05) is 54.4 Å². The second-order valence-electron chi connectivity index (χ2n) is 6.66. The standard InChI is InChI=1S/C22H22ClN3O2/c1-4-7-19(27)24-22-20(17-8-5-6-9-18(17)23)21(28)15(3)25-26(22)16-12-10-14(2)11-13-16/h5-6,8-13H,4,7H2,1-3H3,(H,24,27). The van der Waals surface area contributed by atoms with Crippen molar-refractivity contribution in [2.75, 3.05) is 5.32 Å². The van der Waals surface area contributed by atoms with Gasteiger partial charge in [-0.15, -0.1) is 0 Å². The largest absolute Gasteiger partial charge is 0.310 e. The zero-order chi connectivity index (χ0) is 20.3. The Labute approximate surface area is 169 Å². The fourth-order valence-electron chi connectivity index (χ4n) is 2.96. The number of hydrogen-bond donors (Lipinski definition) is 1. The van der Waals surface area contributed by atoms with Crippen LogP contribution >= 0.6 is 11.6 Å². The molecule has 6 heteroatoms. The molecule has 0 aliphatic carbocycles. The SMILES string of the molecule is CCCC(=O)Nc1c(-c2ccccc2Cl)c(=O)c(C)nn1-c1ccc(C)cc1. The third-order valence-electron chi connectivity index (χ3n) is 4.41. The predicted octanol–water partition coefficient (Wildman–Crippen LogP) is 4.91. The molecule has 1 heterocycles. The molecule has 1 aromatic heterocycles. The van der Waals surface area contributed by atoms with Gasteiger partial charge in [-0.25, -0.2) is 4.68 Å². The van der Waals surface area contributed by atoms with Crippen molar-refractivity contribution in [3.05, 3.63) is 75.0 Å². The second kappa shape index (κ2) is 8.40. The lowest BCUT2D eigenvalue weighted by atomic mass is 10.0. The molecule has 0 radical (unpaired) electrons. The quantitative estimate of drug-likeness (QED) is 0.667. The Balaban J connectivity index is 2.33. The summed E-state index contributed by atoms with van der Waals surface area (Å²) < 4.78 is 1.60. The first-order valence-corrected chi connectivity index (χ1v) is 9.56. The molecule has 0 atom stereocenters. The zero-order valence-corrected chi connectivity index (χ0v) is 16.9. The lowest BCUT2D eigenvalue weighted by Crippen LogP contribution is -2.24. The minimum absolute atomic E-state index is 0.179. The third kappa shape index (κ3) is 3.99. The number of hydrogen-bond acceptors (Lipinski definition) is 3. The van der Waals surface area contributed by atoms with Crippen molar-refractivity contribution in [3.8, 4) is 16.8 Å². The highest BCUT2D eigenvalue weighted by atomic mass is 35.5. The third-order valence-corrected chi connectivity index (χ3v) is 4.74. The molecule has 2 aromatic carbocycles. The smallest absolute Gasteiger partial charge is 0.225 e. The minimum Gasteiger partial charge on any atom is -0.310 e. The number of carbonyl (C=O) groups excluding carboxylic acids is 1. The van der Waals surface area contributed by atoms with Gasteiger partial charge in [0, 0.05) is 17.0 Å². The van der Waals surface area contributed by atoms with Gasteiger partial charge in [-0.05, 0) is 38.5 Å². The Hall–Kier alpha value is -2.92. The summed E-state index contributed by atoms with van der Waals surface area (Å²) >= 11 is 6.39. The molecule has 0 aliphatic rings. The number of anilines is 1. The molecule has 0 unspecified atom stereocenters. The number of amides is 1. The molecule has 28 heavy (non-hydrogen) atoms. The van der Waals surface area contributed by atoms with Crippen LogP contribution in [0.25, 0.3) is 16.8 Å². The molecule has 0 saturated heterocycles. The van der Waals surface area contributed by atoms with E-state index in [1.807, 2.05) is 44.2 Å². The molecule has 1 N–H and O–H groups in total. The molecule has 0 fully saturated rings. The molecular weight excluding hydrogens is 374 g/mol. The van der Waals surface area contributed by atoms with Crippen molar-refractivity contribution < 1.29 is 4.79 Å². The summed E-state index contributed by atoms with van der Waals surface area (Å²) in [5, 5.41) is 7.77. The van der Waals surface area contributed by atoms with Crippen LogP contribution in [-0.4, -0.2) is 15.7 Å². The van der Waals surface area contributed by atoms with E-state index in [2.05, 4.69) is 10.4 Å². The fourth-order valence-corrected chi connectivity index (χ4v) is 3.19. The maximum Gasteiger partial charge on any atom is 0.225 e. The van der Waals surface area contributed by atoms with Crippen molar-refractivity contribution in [3.63, 3.8) is 0 Å². The summed E-state index contributed by atoms with van der Waals surface area (Å²) in [5.41, 5.74) is 2.81. The normalized spacial score (nSPS) is 10.7. The number of carbonyl (C=O) groups is 1. The van der Waals surface area contributed by atoms with E-state index in [1.165, 1.54) is 0 Å². The van der Waals surface area contributed by atoms with Crippen LogP contribution in [0, 0.1) is 13.8 Å². The van der Waals surface area contributed by atoms with E-state index in [4.69, 9.17) is 11.6 Å². The topological polar surface area (TPSA) is 64.0 Å². The molecule has 3 aromatic rings. The van der Waals surface area contributed by atoms with E-state index in [1.54, 1.807) is 29.8 Å². The highest BCUT2D eigenvalue weighted by Crippen LogP contribution is 2.32. The van der Waals surface area contributed by atoms with Gasteiger partial charge in [0.15, 0.2) is 0 Å². The van der Waals surface area contributed by atoms with Gasteiger partial charge < -0.3 is 5.32 Å². The van der Waals surface area contributed by atoms with Crippen molar-refractivity contribution in [1.29, 1.82) is 0 Å². The van der Waals surface area contributed by atoms with Crippen LogP contribution in [0.4, 0.5) is 5.82 Å². The highest BCUT2D eigenvalue weighted by Gasteiger charge is 2.21. The first-order valence-electron chi connectivity index (χ1n) is 9.18. The maximum absolute atomic E-state index is 13.0. The Kier molecular flexibility index (Phi) is 5.95. The van der Waals surface area contributed by atoms with E-state index in [0.717, 1.165) is 11.3 Å². The average Bonchev–Trinajstić information content (AvgIpc) is 2.67. The van der Waals surface area contributed by atoms with E-state index < -0.39 is 0 Å². The van der Waals surface area contributed by atoms with Crippen molar-refractivity contribution >= 4 is 23.3 Å². The van der Waals surface area contributed by atoms with Crippen molar-refractivity contribution in [1.82, 2.24) is 9.78 Å². The molecule has 0 aliphatic heterocycles. The van der Waals surface area contributed by atoms with Crippen molar-refractivity contribution in [2.45, 2.75) is 33.6 Å². The fraction of sp³-hybridized carbons (Fsp3) is 0.227. The van der Waals surface area contributed by atoms with Crippen LogP contribution in [0.15, 0.2) is 53.3 Å². The molecule has 5 nitrogen and oxygen atoms in total. The molecule has 144 valence electrons. The van der Waals surface area contributed by atoms with Gasteiger partial charge >= 0.3 is 0 Å². The first kappa shape index (κ1) is 19.8. The summed E-state index contributed by atoms with van der Waals surface area (Å²) in [6.45, 7) is 5.58. The molecular formula is C22H22ClN3O2. The van der Waals surface area contributed by atoms with Gasteiger partial charge in [0.25, 0.3) is 0 Å². The zero-order valence-electron chi connectivity index (χ0n) is 16.1. The van der Waals surface area contributed by atoms with Gasteiger partial charge in [0.2, 0.25) is 11.3 Å². The number of nitrogens with zero attached hydrogens (tertiary/aromatic N) is 2.